The van der Waals surface area contributed by atoms with Crippen LogP contribution in [0.15, 0.2) is 52.7 Å². The highest BCUT2D eigenvalue weighted by atomic mass is 19.4. The molecule has 38 heavy (non-hydrogen) atoms. The maximum atomic E-state index is 15.0. The first-order valence-corrected chi connectivity index (χ1v) is 11.5. The summed E-state index contributed by atoms with van der Waals surface area (Å²) in [5.74, 6) is -0.527. The van der Waals surface area contributed by atoms with Gasteiger partial charge in [-0.15, -0.1) is 0 Å². The van der Waals surface area contributed by atoms with Crippen LogP contribution in [0.5, 0.6) is 0 Å². The molecule has 3 N–H and O–H groups in total. The second-order valence-corrected chi connectivity index (χ2v) is 8.74. The molecule has 0 aliphatic rings. The van der Waals surface area contributed by atoms with E-state index >= 15 is 0 Å². The Labute approximate surface area is 210 Å². The molecular weight excluding hydrogens is 508 g/mol. The van der Waals surface area contributed by atoms with Crippen molar-refractivity contribution < 1.29 is 17.6 Å². The number of rotatable bonds is 7. The minimum Gasteiger partial charge on any atom is -0.381 e. The Morgan fingerprint density at radius 2 is 1.97 bits per heavy atom. The van der Waals surface area contributed by atoms with Crippen LogP contribution in [-0.2, 0) is 12.7 Å². The van der Waals surface area contributed by atoms with E-state index in [9.17, 15) is 27.2 Å². The number of aromatic amines is 2. The molecule has 0 aliphatic carbocycles. The molecule has 196 valence electrons. The Bertz CT molecular complexity index is 1760. The minimum absolute atomic E-state index is 0.0743. The summed E-state index contributed by atoms with van der Waals surface area (Å²) in [5.41, 5.74) is -2.65. The lowest BCUT2D eigenvalue weighted by Crippen LogP contribution is -2.27. The number of alkyl halides is 3. The summed E-state index contributed by atoms with van der Waals surface area (Å²) < 4.78 is 56.0. The van der Waals surface area contributed by atoms with Crippen LogP contribution in [0.1, 0.15) is 25.3 Å². The second-order valence-electron chi connectivity index (χ2n) is 8.74. The summed E-state index contributed by atoms with van der Waals surface area (Å²) in [5, 5.41) is 8.72. The Balaban J connectivity index is 1.30. The molecule has 5 rings (SSSR count). The fourth-order valence-corrected chi connectivity index (χ4v) is 4.17. The minimum atomic E-state index is -4.85. The maximum absolute atomic E-state index is 15.0. The molecule has 0 spiro atoms. The predicted molar refractivity (Wildman–Crippen MR) is 131 cm³/mol. The van der Waals surface area contributed by atoms with Gasteiger partial charge in [-0.05, 0) is 38.0 Å². The normalized spacial score (nSPS) is 12.8. The van der Waals surface area contributed by atoms with E-state index in [0.29, 0.717) is 18.5 Å². The number of anilines is 1. The molecule has 0 radical (unpaired) electrons. The number of aromatic nitrogens is 7. The van der Waals surface area contributed by atoms with Crippen molar-refractivity contribution in [2.75, 3.05) is 5.32 Å². The van der Waals surface area contributed by atoms with Gasteiger partial charge < -0.3 is 10.3 Å². The Morgan fingerprint density at radius 1 is 1.16 bits per heavy atom. The fourth-order valence-electron chi connectivity index (χ4n) is 4.17. The molecule has 0 saturated heterocycles. The predicted octanol–water partition coefficient (Wildman–Crippen LogP) is 3.86. The summed E-state index contributed by atoms with van der Waals surface area (Å²) >= 11 is 0. The number of halogens is 4. The van der Waals surface area contributed by atoms with Crippen LogP contribution in [0.2, 0.25) is 0 Å². The lowest BCUT2D eigenvalue weighted by atomic mass is 10.1. The molecular formula is C24H20F4N8O2. The second kappa shape index (κ2) is 9.68. The zero-order valence-corrected chi connectivity index (χ0v) is 19.8. The molecule has 0 amide bonds. The summed E-state index contributed by atoms with van der Waals surface area (Å²) in [6.07, 6.45) is 1.41. The van der Waals surface area contributed by atoms with Crippen molar-refractivity contribution >= 4 is 27.6 Å². The van der Waals surface area contributed by atoms with E-state index in [-0.39, 0.29) is 28.8 Å². The van der Waals surface area contributed by atoms with Gasteiger partial charge in [0.1, 0.15) is 17.0 Å². The van der Waals surface area contributed by atoms with Gasteiger partial charge in [-0.2, -0.15) is 18.3 Å². The summed E-state index contributed by atoms with van der Waals surface area (Å²) in [4.78, 5) is 40.3. The smallest absolute Gasteiger partial charge is 0.381 e. The molecule has 0 unspecified atom stereocenters. The van der Waals surface area contributed by atoms with Crippen molar-refractivity contribution in [3.8, 4) is 11.4 Å². The van der Waals surface area contributed by atoms with Gasteiger partial charge in [0.25, 0.3) is 11.1 Å². The van der Waals surface area contributed by atoms with Gasteiger partial charge >= 0.3 is 6.18 Å². The van der Waals surface area contributed by atoms with Crippen molar-refractivity contribution in [1.82, 2.24) is 34.7 Å². The molecule has 1 aromatic carbocycles. The Hall–Kier alpha value is -4.62. The molecule has 1 atom stereocenters. The van der Waals surface area contributed by atoms with Gasteiger partial charge in [0.15, 0.2) is 5.82 Å². The van der Waals surface area contributed by atoms with E-state index in [4.69, 9.17) is 0 Å². The fraction of sp³-hybridized carbons (Fsp3) is 0.250. The average molecular weight is 528 g/mol. The molecule has 4 aromatic heterocycles. The third kappa shape index (κ3) is 4.84. The standard InChI is InChI=1S/C24H20F4N8O2/c1-12(33-18-10-32-35-22(37)19(18)24(26,27)28)3-2-6-36-11-31-17-8-14(16(25)7-15(17)23(36)38)21-30-9-13-4-5-29-20(13)34-21/h4-5,7-12H,2-3,6H2,1H3,(H,29,30,34)(H2,33,35,37)/t12-/m0/s1. The SMILES string of the molecule is C[C@@H](CCCn1cnc2cc(-c3ncc4cc[nH]c4n3)c(F)cc2c1=O)Nc1cn[nH]c(=O)c1C(F)(F)F. The highest BCUT2D eigenvalue weighted by molar-refractivity contribution is 5.84. The summed E-state index contributed by atoms with van der Waals surface area (Å²) in [6, 6.07) is 3.83. The third-order valence-electron chi connectivity index (χ3n) is 6.03. The number of fused-ring (bicyclic) bond motifs is 2. The molecule has 10 nitrogen and oxygen atoms in total. The van der Waals surface area contributed by atoms with Crippen LogP contribution >= 0.6 is 0 Å². The molecule has 0 fully saturated rings. The lowest BCUT2D eigenvalue weighted by molar-refractivity contribution is -0.138. The summed E-state index contributed by atoms with van der Waals surface area (Å²) in [6.45, 7) is 1.84. The zero-order valence-electron chi connectivity index (χ0n) is 19.8. The first kappa shape index (κ1) is 25.0. The van der Waals surface area contributed by atoms with Gasteiger partial charge in [0.05, 0.1) is 34.7 Å². The van der Waals surface area contributed by atoms with Crippen LogP contribution in [0, 0.1) is 5.82 Å². The van der Waals surface area contributed by atoms with Crippen molar-refractivity contribution in [2.45, 2.75) is 38.5 Å². The van der Waals surface area contributed by atoms with Crippen LogP contribution in [0.3, 0.4) is 0 Å². The van der Waals surface area contributed by atoms with Crippen molar-refractivity contribution in [1.29, 1.82) is 0 Å². The van der Waals surface area contributed by atoms with Crippen LogP contribution in [0.25, 0.3) is 33.3 Å². The number of hydrogen-bond donors (Lipinski definition) is 3. The van der Waals surface area contributed by atoms with E-state index in [1.54, 1.807) is 30.5 Å². The number of H-pyrrole nitrogens is 2. The number of nitrogens with zero attached hydrogens (tertiary/aromatic N) is 5. The van der Waals surface area contributed by atoms with Gasteiger partial charge in [-0.3, -0.25) is 14.2 Å². The topological polar surface area (TPSA) is 134 Å². The first-order valence-electron chi connectivity index (χ1n) is 11.5. The van der Waals surface area contributed by atoms with Gasteiger partial charge in [0.2, 0.25) is 0 Å². The quantitative estimate of drug-likeness (QED) is 0.273. The monoisotopic (exact) mass is 528 g/mol. The van der Waals surface area contributed by atoms with Crippen molar-refractivity contribution in [2.24, 2.45) is 0 Å². The largest absolute Gasteiger partial charge is 0.423 e. The van der Waals surface area contributed by atoms with Crippen LogP contribution in [0.4, 0.5) is 23.2 Å². The number of hydrogen-bond acceptors (Lipinski definition) is 7. The Morgan fingerprint density at radius 3 is 2.76 bits per heavy atom. The molecule has 0 bridgehead atoms. The number of aryl methyl sites for hydroxylation is 1. The van der Waals surface area contributed by atoms with Crippen molar-refractivity contribution in [3.05, 3.63) is 75.2 Å². The highest BCUT2D eigenvalue weighted by Gasteiger charge is 2.37. The zero-order chi connectivity index (χ0) is 27.0. The third-order valence-corrected chi connectivity index (χ3v) is 6.03. The maximum Gasteiger partial charge on any atom is 0.423 e. The summed E-state index contributed by atoms with van der Waals surface area (Å²) in [7, 11) is 0. The molecule has 4 heterocycles. The lowest BCUT2D eigenvalue weighted by Gasteiger charge is -2.18. The number of nitrogens with one attached hydrogen (secondary N) is 3. The van der Waals surface area contributed by atoms with Gasteiger partial charge in [-0.25, -0.2) is 24.4 Å². The first-order chi connectivity index (χ1) is 18.1. The molecule has 0 saturated carbocycles. The van der Waals surface area contributed by atoms with E-state index in [2.05, 4.69) is 30.4 Å². The van der Waals surface area contributed by atoms with E-state index < -0.39 is 40.4 Å². The average Bonchev–Trinajstić information content (AvgIpc) is 3.33. The van der Waals surface area contributed by atoms with Gasteiger partial charge in [0, 0.05) is 30.4 Å². The van der Waals surface area contributed by atoms with E-state index in [1.165, 1.54) is 17.0 Å². The van der Waals surface area contributed by atoms with Crippen molar-refractivity contribution in [3.63, 3.8) is 0 Å². The van der Waals surface area contributed by atoms with Gasteiger partial charge in [-0.1, -0.05) is 0 Å². The van der Waals surface area contributed by atoms with E-state index in [1.807, 2.05) is 0 Å². The number of benzene rings is 1. The van der Waals surface area contributed by atoms with Crippen LogP contribution < -0.4 is 16.4 Å². The highest BCUT2D eigenvalue weighted by Crippen LogP contribution is 2.32. The molecule has 5 aromatic rings. The van der Waals surface area contributed by atoms with E-state index in [0.717, 1.165) is 17.6 Å². The molecule has 14 heteroatoms. The van der Waals surface area contributed by atoms with Crippen LogP contribution in [-0.4, -0.2) is 40.7 Å². The Kier molecular flexibility index (Phi) is 6.38. The molecule has 0 aliphatic heterocycles.